The average Bonchev–Trinajstić information content (AvgIpc) is 2.27. The molecule has 0 aliphatic carbocycles. The van der Waals surface area contributed by atoms with Crippen molar-refractivity contribution in [3.05, 3.63) is 51.9 Å². The third-order valence-electron chi connectivity index (χ3n) is 2.58. The van der Waals surface area contributed by atoms with Gasteiger partial charge in [0.25, 0.3) is 0 Å². The molecular weight excluding hydrogens is 283 g/mol. The standard InChI is InChI=1S/C13H12BrFN2/c1-8-3-4-11(5-9(8)2)17-13-12(15)6-10(14)7-16-13/h3-7H,1-2H3,(H,16,17). The Morgan fingerprint density at radius 2 is 1.94 bits per heavy atom. The molecule has 2 aromatic rings. The molecule has 0 saturated heterocycles. The highest BCUT2D eigenvalue weighted by atomic mass is 79.9. The zero-order valence-corrected chi connectivity index (χ0v) is 11.2. The first-order valence-electron chi connectivity index (χ1n) is 5.21. The van der Waals surface area contributed by atoms with Gasteiger partial charge in [0.05, 0.1) is 0 Å². The minimum absolute atomic E-state index is 0.233. The first kappa shape index (κ1) is 12.0. The number of anilines is 2. The second kappa shape index (κ2) is 4.84. The summed E-state index contributed by atoms with van der Waals surface area (Å²) in [6, 6.07) is 7.26. The van der Waals surface area contributed by atoms with E-state index in [1.54, 1.807) is 6.20 Å². The molecule has 17 heavy (non-hydrogen) atoms. The molecule has 1 aromatic heterocycles. The van der Waals surface area contributed by atoms with Crippen LogP contribution in [0.3, 0.4) is 0 Å². The third kappa shape index (κ3) is 2.82. The molecule has 0 amide bonds. The van der Waals surface area contributed by atoms with Crippen molar-refractivity contribution >= 4 is 27.4 Å². The Morgan fingerprint density at radius 1 is 1.18 bits per heavy atom. The van der Waals surface area contributed by atoms with E-state index in [1.165, 1.54) is 11.6 Å². The van der Waals surface area contributed by atoms with Crippen LogP contribution in [0.5, 0.6) is 0 Å². The van der Waals surface area contributed by atoms with E-state index in [0.29, 0.717) is 4.47 Å². The molecule has 0 aliphatic heterocycles. The predicted octanol–water partition coefficient (Wildman–Crippen LogP) is 4.34. The summed E-state index contributed by atoms with van der Waals surface area (Å²) in [6.07, 6.45) is 1.56. The van der Waals surface area contributed by atoms with Crippen LogP contribution in [0.4, 0.5) is 15.9 Å². The molecule has 0 bridgehead atoms. The highest BCUT2D eigenvalue weighted by molar-refractivity contribution is 9.10. The minimum atomic E-state index is -0.377. The maximum Gasteiger partial charge on any atom is 0.166 e. The van der Waals surface area contributed by atoms with E-state index in [1.807, 2.05) is 32.0 Å². The van der Waals surface area contributed by atoms with Gasteiger partial charge < -0.3 is 5.32 Å². The monoisotopic (exact) mass is 294 g/mol. The molecule has 1 N–H and O–H groups in total. The lowest BCUT2D eigenvalue weighted by Gasteiger charge is -2.08. The summed E-state index contributed by atoms with van der Waals surface area (Å²) in [5.74, 6) is -0.144. The van der Waals surface area contributed by atoms with Crippen molar-refractivity contribution in [2.75, 3.05) is 5.32 Å². The Bertz CT molecular complexity index is 555. The van der Waals surface area contributed by atoms with Crippen molar-refractivity contribution in [1.82, 2.24) is 4.98 Å². The number of aromatic nitrogens is 1. The van der Waals surface area contributed by atoms with Gasteiger partial charge in [-0.3, -0.25) is 0 Å². The quantitative estimate of drug-likeness (QED) is 0.891. The lowest BCUT2D eigenvalue weighted by Crippen LogP contribution is -1.97. The summed E-state index contributed by atoms with van der Waals surface area (Å²) in [6.45, 7) is 4.06. The second-order valence-electron chi connectivity index (χ2n) is 3.91. The van der Waals surface area contributed by atoms with E-state index >= 15 is 0 Å². The number of pyridine rings is 1. The van der Waals surface area contributed by atoms with Gasteiger partial charge in [0.1, 0.15) is 0 Å². The van der Waals surface area contributed by atoms with Crippen molar-refractivity contribution in [2.24, 2.45) is 0 Å². The number of benzene rings is 1. The molecule has 4 heteroatoms. The van der Waals surface area contributed by atoms with Crippen LogP contribution < -0.4 is 5.32 Å². The van der Waals surface area contributed by atoms with Crippen molar-refractivity contribution in [1.29, 1.82) is 0 Å². The topological polar surface area (TPSA) is 24.9 Å². The molecule has 88 valence electrons. The number of hydrogen-bond acceptors (Lipinski definition) is 2. The summed E-state index contributed by atoms with van der Waals surface area (Å²) in [5.41, 5.74) is 3.20. The SMILES string of the molecule is Cc1ccc(Nc2ncc(Br)cc2F)cc1C. The normalized spacial score (nSPS) is 10.4. The van der Waals surface area contributed by atoms with Gasteiger partial charge in [-0.2, -0.15) is 0 Å². The van der Waals surface area contributed by atoms with Crippen LogP contribution in [-0.4, -0.2) is 4.98 Å². The lowest BCUT2D eigenvalue weighted by molar-refractivity contribution is 0.625. The van der Waals surface area contributed by atoms with Gasteiger partial charge in [-0.15, -0.1) is 0 Å². The Balaban J connectivity index is 2.28. The summed E-state index contributed by atoms with van der Waals surface area (Å²) >= 11 is 3.17. The minimum Gasteiger partial charge on any atom is -0.338 e. The Hall–Kier alpha value is -1.42. The van der Waals surface area contributed by atoms with Crippen molar-refractivity contribution in [3.63, 3.8) is 0 Å². The van der Waals surface area contributed by atoms with Crippen LogP contribution in [0.15, 0.2) is 34.9 Å². The number of rotatable bonds is 2. The molecule has 2 nitrogen and oxygen atoms in total. The van der Waals surface area contributed by atoms with E-state index in [9.17, 15) is 4.39 Å². The van der Waals surface area contributed by atoms with Crippen LogP contribution in [0.25, 0.3) is 0 Å². The molecule has 0 saturated carbocycles. The largest absolute Gasteiger partial charge is 0.338 e. The number of aryl methyl sites for hydroxylation is 2. The average molecular weight is 295 g/mol. The van der Waals surface area contributed by atoms with Gasteiger partial charge in [0, 0.05) is 16.4 Å². The van der Waals surface area contributed by atoms with Gasteiger partial charge in [0.2, 0.25) is 0 Å². The molecular formula is C13H12BrFN2. The van der Waals surface area contributed by atoms with Gasteiger partial charge in [-0.25, -0.2) is 9.37 Å². The second-order valence-corrected chi connectivity index (χ2v) is 4.82. The van der Waals surface area contributed by atoms with Crippen LogP contribution in [-0.2, 0) is 0 Å². The van der Waals surface area contributed by atoms with Gasteiger partial charge in [0.15, 0.2) is 11.6 Å². The van der Waals surface area contributed by atoms with E-state index in [4.69, 9.17) is 0 Å². The molecule has 1 aromatic carbocycles. The van der Waals surface area contributed by atoms with E-state index < -0.39 is 0 Å². The maximum atomic E-state index is 13.6. The van der Waals surface area contributed by atoms with Gasteiger partial charge in [-0.1, -0.05) is 6.07 Å². The third-order valence-corrected chi connectivity index (χ3v) is 3.01. The van der Waals surface area contributed by atoms with Crippen LogP contribution in [0.2, 0.25) is 0 Å². The molecule has 0 unspecified atom stereocenters. The summed E-state index contributed by atoms with van der Waals surface area (Å²) in [4.78, 5) is 3.99. The van der Waals surface area contributed by atoms with Crippen LogP contribution in [0.1, 0.15) is 11.1 Å². The summed E-state index contributed by atoms with van der Waals surface area (Å²) < 4.78 is 14.2. The van der Waals surface area contributed by atoms with Crippen LogP contribution in [0, 0.1) is 19.7 Å². The molecule has 0 fully saturated rings. The first-order valence-corrected chi connectivity index (χ1v) is 6.01. The fourth-order valence-corrected chi connectivity index (χ4v) is 1.77. The molecule has 0 radical (unpaired) electrons. The molecule has 0 spiro atoms. The number of hydrogen-bond donors (Lipinski definition) is 1. The van der Waals surface area contributed by atoms with Gasteiger partial charge >= 0.3 is 0 Å². The van der Waals surface area contributed by atoms with Crippen LogP contribution >= 0.6 is 15.9 Å². The fourth-order valence-electron chi connectivity index (χ4n) is 1.46. The Labute approximate surface area is 108 Å². The number of nitrogens with zero attached hydrogens (tertiary/aromatic N) is 1. The lowest BCUT2D eigenvalue weighted by atomic mass is 10.1. The van der Waals surface area contributed by atoms with Crippen molar-refractivity contribution < 1.29 is 4.39 Å². The zero-order valence-electron chi connectivity index (χ0n) is 9.59. The van der Waals surface area contributed by atoms with E-state index in [2.05, 4.69) is 26.2 Å². The smallest absolute Gasteiger partial charge is 0.166 e. The zero-order chi connectivity index (χ0) is 12.4. The highest BCUT2D eigenvalue weighted by Gasteiger charge is 2.05. The first-order chi connectivity index (χ1) is 8.06. The molecule has 0 aliphatic rings. The Kier molecular flexibility index (Phi) is 3.43. The van der Waals surface area contributed by atoms with Crippen molar-refractivity contribution in [3.8, 4) is 0 Å². The number of nitrogens with one attached hydrogen (secondary N) is 1. The Morgan fingerprint density at radius 3 is 2.59 bits per heavy atom. The predicted molar refractivity (Wildman–Crippen MR) is 71.1 cm³/mol. The molecule has 0 atom stereocenters. The highest BCUT2D eigenvalue weighted by Crippen LogP contribution is 2.22. The van der Waals surface area contributed by atoms with E-state index in [-0.39, 0.29) is 11.6 Å². The fraction of sp³-hybridized carbons (Fsp3) is 0.154. The maximum absolute atomic E-state index is 13.6. The molecule has 2 rings (SSSR count). The van der Waals surface area contributed by atoms with Gasteiger partial charge in [-0.05, 0) is 59.1 Å². The summed E-state index contributed by atoms with van der Waals surface area (Å²) in [5, 5.41) is 2.96. The van der Waals surface area contributed by atoms with E-state index in [0.717, 1.165) is 11.3 Å². The number of halogens is 2. The molecule has 1 heterocycles. The summed E-state index contributed by atoms with van der Waals surface area (Å²) in [7, 11) is 0. The van der Waals surface area contributed by atoms with Crippen molar-refractivity contribution in [2.45, 2.75) is 13.8 Å².